The Morgan fingerprint density at radius 2 is 2.08 bits per heavy atom. The van der Waals surface area contributed by atoms with Crippen LogP contribution in [0.1, 0.15) is 50.7 Å². The second-order valence-electron chi connectivity index (χ2n) is 5.88. The number of nitriles is 1. The molecule has 1 heterocycles. The predicted octanol–water partition coefficient (Wildman–Crippen LogP) is 3.04. The van der Waals surface area contributed by atoms with Crippen molar-refractivity contribution < 1.29 is 14.0 Å². The third-order valence-electron chi connectivity index (χ3n) is 4.04. The fraction of sp³-hybridized carbons (Fsp3) is 0.222. The van der Waals surface area contributed by atoms with Gasteiger partial charge >= 0.3 is 0 Å². The van der Waals surface area contributed by atoms with Crippen LogP contribution in [0.2, 0.25) is 0 Å². The van der Waals surface area contributed by atoms with Gasteiger partial charge in [-0.25, -0.2) is 9.37 Å². The number of rotatable bonds is 5. The molecule has 0 spiro atoms. The van der Waals surface area contributed by atoms with Gasteiger partial charge in [0, 0.05) is 17.3 Å². The molecule has 6 nitrogen and oxygen atoms in total. The molecule has 0 atom stereocenters. The van der Waals surface area contributed by atoms with E-state index in [2.05, 4.69) is 10.3 Å². The second kappa shape index (κ2) is 7.14. The van der Waals surface area contributed by atoms with Crippen LogP contribution >= 0.6 is 11.8 Å². The van der Waals surface area contributed by atoms with Gasteiger partial charge in [0.25, 0.3) is 11.8 Å². The maximum absolute atomic E-state index is 13.6. The molecule has 1 aromatic carbocycles. The molecule has 1 aromatic heterocycles. The lowest BCUT2D eigenvalue weighted by atomic mass is 10.1. The van der Waals surface area contributed by atoms with Gasteiger partial charge in [-0.1, -0.05) is 0 Å². The number of primary amides is 1. The molecule has 3 N–H and O–H groups in total. The highest BCUT2D eigenvalue weighted by atomic mass is 32.2. The number of nitrogens with two attached hydrogens (primary N) is 1. The summed E-state index contributed by atoms with van der Waals surface area (Å²) in [4.78, 5) is 28.4. The summed E-state index contributed by atoms with van der Waals surface area (Å²) in [5, 5.41) is 12.5. The number of hydrogen-bond acceptors (Lipinski definition) is 5. The van der Waals surface area contributed by atoms with Gasteiger partial charge in [0.2, 0.25) is 0 Å². The normalized spacial score (nSPS) is 13.1. The molecular weight excluding hydrogens is 355 g/mol. The fourth-order valence-corrected chi connectivity index (χ4v) is 3.11. The average molecular weight is 370 g/mol. The zero-order valence-electron chi connectivity index (χ0n) is 13.9. The summed E-state index contributed by atoms with van der Waals surface area (Å²) >= 11 is 1.30. The van der Waals surface area contributed by atoms with Crippen LogP contribution in [0.25, 0.3) is 0 Å². The number of carbonyl (C=O) groups excluding carboxylic acids is 2. The van der Waals surface area contributed by atoms with Crippen LogP contribution in [0.5, 0.6) is 0 Å². The summed E-state index contributed by atoms with van der Waals surface area (Å²) < 4.78 is 13.6. The zero-order chi connectivity index (χ0) is 18.8. The van der Waals surface area contributed by atoms with Crippen molar-refractivity contribution in [1.29, 1.82) is 5.26 Å². The summed E-state index contributed by atoms with van der Waals surface area (Å²) in [6.45, 7) is 0. The molecule has 2 aromatic rings. The second-order valence-corrected chi connectivity index (χ2v) is 6.67. The lowest BCUT2D eigenvalue weighted by Crippen LogP contribution is -2.17. The Kier molecular flexibility index (Phi) is 4.91. The largest absolute Gasteiger partial charge is 0.366 e. The van der Waals surface area contributed by atoms with Crippen molar-refractivity contribution in [2.45, 2.75) is 23.8 Å². The monoisotopic (exact) mass is 370 g/mol. The number of nitrogens with one attached hydrogen (secondary N) is 1. The maximum Gasteiger partial charge on any atom is 0.257 e. The van der Waals surface area contributed by atoms with E-state index in [-0.39, 0.29) is 22.4 Å². The SMILES string of the molecule is CSc1nc(C2CC2)cc(C(=O)Nc2ccc(F)c(C(N)=O)c2)c1C#N. The quantitative estimate of drug-likeness (QED) is 0.786. The number of nitrogens with zero attached hydrogens (tertiary/aromatic N) is 2. The topological polar surface area (TPSA) is 109 Å². The van der Waals surface area contributed by atoms with Crippen molar-refractivity contribution in [3.8, 4) is 6.07 Å². The standard InChI is InChI=1S/C18H15FN4O2S/c1-26-18-13(8-20)11(7-15(23-18)9-2-3-9)17(25)22-10-4-5-14(19)12(6-10)16(21)24/h4-7,9H,2-3H2,1H3,(H2,21,24)(H,22,25). The van der Waals surface area contributed by atoms with Crippen molar-refractivity contribution in [1.82, 2.24) is 4.98 Å². The van der Waals surface area contributed by atoms with Crippen LogP contribution in [0.4, 0.5) is 10.1 Å². The van der Waals surface area contributed by atoms with Gasteiger partial charge in [0.1, 0.15) is 16.9 Å². The van der Waals surface area contributed by atoms with Gasteiger partial charge < -0.3 is 11.1 Å². The molecular formula is C18H15FN4O2S. The molecule has 0 saturated heterocycles. The summed E-state index contributed by atoms with van der Waals surface area (Å²) in [7, 11) is 0. The zero-order valence-corrected chi connectivity index (χ0v) is 14.7. The van der Waals surface area contributed by atoms with E-state index in [1.807, 2.05) is 6.07 Å². The first-order valence-corrected chi connectivity index (χ1v) is 9.06. The van der Waals surface area contributed by atoms with Gasteiger partial charge in [-0.3, -0.25) is 9.59 Å². The number of carbonyl (C=O) groups is 2. The molecule has 0 unspecified atom stereocenters. The van der Waals surface area contributed by atoms with E-state index >= 15 is 0 Å². The molecule has 3 rings (SSSR count). The summed E-state index contributed by atoms with van der Waals surface area (Å²) in [5.41, 5.74) is 6.20. The average Bonchev–Trinajstić information content (AvgIpc) is 3.46. The highest BCUT2D eigenvalue weighted by Crippen LogP contribution is 2.40. The lowest BCUT2D eigenvalue weighted by Gasteiger charge is -2.11. The maximum atomic E-state index is 13.6. The molecule has 0 bridgehead atoms. The minimum atomic E-state index is -0.930. The summed E-state index contributed by atoms with van der Waals surface area (Å²) in [6.07, 6.45) is 3.81. The third-order valence-corrected chi connectivity index (χ3v) is 4.72. The first-order valence-electron chi connectivity index (χ1n) is 7.84. The van der Waals surface area contributed by atoms with Crippen LogP contribution < -0.4 is 11.1 Å². The van der Waals surface area contributed by atoms with Crippen LogP contribution in [0.3, 0.4) is 0 Å². The minimum absolute atomic E-state index is 0.191. The Morgan fingerprint density at radius 3 is 2.65 bits per heavy atom. The molecule has 8 heteroatoms. The summed E-state index contributed by atoms with van der Waals surface area (Å²) in [6, 6.07) is 7.20. The minimum Gasteiger partial charge on any atom is -0.366 e. The highest BCUT2D eigenvalue weighted by molar-refractivity contribution is 7.98. The number of hydrogen-bond donors (Lipinski definition) is 2. The van der Waals surface area contributed by atoms with Crippen molar-refractivity contribution in [3.63, 3.8) is 0 Å². The molecule has 26 heavy (non-hydrogen) atoms. The van der Waals surface area contributed by atoms with Crippen molar-refractivity contribution >= 4 is 29.3 Å². The van der Waals surface area contributed by atoms with Crippen molar-refractivity contribution in [2.24, 2.45) is 5.73 Å². The smallest absolute Gasteiger partial charge is 0.257 e. The number of anilines is 1. The van der Waals surface area contributed by atoms with Gasteiger partial charge in [-0.05, 0) is 43.4 Å². The lowest BCUT2D eigenvalue weighted by molar-refractivity contribution is 0.0992. The van der Waals surface area contributed by atoms with E-state index in [1.54, 1.807) is 12.3 Å². The Hall–Kier alpha value is -2.92. The molecule has 1 fully saturated rings. The van der Waals surface area contributed by atoms with Crippen molar-refractivity contribution in [2.75, 3.05) is 11.6 Å². The van der Waals surface area contributed by atoms with E-state index in [0.29, 0.717) is 10.9 Å². The molecule has 132 valence electrons. The van der Waals surface area contributed by atoms with Crippen LogP contribution in [0, 0.1) is 17.1 Å². The molecule has 1 aliphatic carbocycles. The number of pyridine rings is 1. The summed E-state index contributed by atoms with van der Waals surface area (Å²) in [5.74, 6) is -1.91. The van der Waals surface area contributed by atoms with Gasteiger partial charge in [-0.2, -0.15) is 5.26 Å². The van der Waals surface area contributed by atoms with Crippen molar-refractivity contribution in [3.05, 3.63) is 52.5 Å². The number of aromatic nitrogens is 1. The van der Waals surface area contributed by atoms with Crippen LogP contribution in [0.15, 0.2) is 29.3 Å². The first-order chi connectivity index (χ1) is 12.4. The van der Waals surface area contributed by atoms with E-state index in [1.165, 1.54) is 23.9 Å². The Balaban J connectivity index is 1.97. The number of halogens is 1. The Morgan fingerprint density at radius 1 is 1.35 bits per heavy atom. The fourth-order valence-electron chi connectivity index (χ4n) is 2.55. The molecule has 0 radical (unpaired) electrons. The molecule has 0 aliphatic heterocycles. The van der Waals surface area contributed by atoms with Gasteiger partial charge in [0.05, 0.1) is 16.7 Å². The highest BCUT2D eigenvalue weighted by Gasteiger charge is 2.28. The molecule has 1 saturated carbocycles. The Bertz CT molecular complexity index is 951. The van der Waals surface area contributed by atoms with Crippen LogP contribution in [-0.4, -0.2) is 23.1 Å². The number of thioether (sulfide) groups is 1. The third kappa shape index (κ3) is 3.53. The molecule has 1 aliphatic rings. The first kappa shape index (κ1) is 17.9. The van der Waals surface area contributed by atoms with E-state index in [4.69, 9.17) is 5.73 Å². The van der Waals surface area contributed by atoms with E-state index < -0.39 is 17.6 Å². The van der Waals surface area contributed by atoms with Gasteiger partial charge in [-0.15, -0.1) is 11.8 Å². The van der Waals surface area contributed by atoms with E-state index in [9.17, 15) is 19.2 Å². The Labute approximate surface area is 153 Å². The number of amides is 2. The van der Waals surface area contributed by atoms with E-state index in [0.717, 1.165) is 24.6 Å². The van der Waals surface area contributed by atoms with Crippen LogP contribution in [-0.2, 0) is 0 Å². The predicted molar refractivity (Wildman–Crippen MR) is 95.6 cm³/mol. The van der Waals surface area contributed by atoms with Gasteiger partial charge in [0.15, 0.2) is 0 Å². The number of benzene rings is 1. The molecule has 2 amide bonds.